The SMILES string of the molecule is COc1ccc2c(c1)OCC1(CC1)C2=O. The maximum atomic E-state index is 12.1. The van der Waals surface area contributed by atoms with Gasteiger partial charge in [-0.3, -0.25) is 4.79 Å². The van der Waals surface area contributed by atoms with Crippen LogP contribution in [0.5, 0.6) is 11.5 Å². The van der Waals surface area contributed by atoms with Crippen LogP contribution in [0.2, 0.25) is 0 Å². The van der Waals surface area contributed by atoms with E-state index in [4.69, 9.17) is 9.47 Å². The van der Waals surface area contributed by atoms with Crippen molar-refractivity contribution in [3.63, 3.8) is 0 Å². The Labute approximate surface area is 88.0 Å². The second-order valence-electron chi connectivity index (χ2n) is 4.26. The molecule has 3 nitrogen and oxygen atoms in total. The van der Waals surface area contributed by atoms with Crippen molar-refractivity contribution in [1.29, 1.82) is 0 Å². The standard InChI is InChI=1S/C12H12O3/c1-14-8-2-3-9-10(6-8)15-7-12(4-5-12)11(9)13/h2-3,6H,4-5,7H2,1H3. The summed E-state index contributed by atoms with van der Waals surface area (Å²) < 4.78 is 10.7. The number of Topliss-reactive ketones (excluding diaryl/α,β-unsaturated/α-hetero) is 1. The van der Waals surface area contributed by atoms with Gasteiger partial charge in [-0.25, -0.2) is 0 Å². The highest BCUT2D eigenvalue weighted by molar-refractivity contribution is 6.05. The third kappa shape index (κ3) is 1.16. The van der Waals surface area contributed by atoms with Gasteiger partial charge in [0.25, 0.3) is 0 Å². The van der Waals surface area contributed by atoms with E-state index >= 15 is 0 Å². The van der Waals surface area contributed by atoms with Crippen LogP contribution in [0.4, 0.5) is 0 Å². The lowest BCUT2D eigenvalue weighted by molar-refractivity contribution is 0.0798. The van der Waals surface area contributed by atoms with Gasteiger partial charge in [-0.2, -0.15) is 0 Å². The summed E-state index contributed by atoms with van der Waals surface area (Å²) in [5.41, 5.74) is 0.529. The third-order valence-corrected chi connectivity index (χ3v) is 3.27. The lowest BCUT2D eigenvalue weighted by Gasteiger charge is -2.23. The molecule has 0 N–H and O–H groups in total. The average Bonchev–Trinajstić information content (AvgIpc) is 3.05. The molecule has 0 unspecified atom stereocenters. The molecule has 78 valence electrons. The molecule has 0 atom stereocenters. The average molecular weight is 204 g/mol. The smallest absolute Gasteiger partial charge is 0.176 e. The fourth-order valence-electron chi connectivity index (χ4n) is 2.03. The van der Waals surface area contributed by atoms with Gasteiger partial charge in [-0.15, -0.1) is 0 Å². The molecule has 0 radical (unpaired) electrons. The van der Waals surface area contributed by atoms with Crippen molar-refractivity contribution in [1.82, 2.24) is 0 Å². The highest BCUT2D eigenvalue weighted by atomic mass is 16.5. The van der Waals surface area contributed by atoms with Crippen molar-refractivity contribution in [2.45, 2.75) is 12.8 Å². The monoisotopic (exact) mass is 204 g/mol. The largest absolute Gasteiger partial charge is 0.497 e. The number of hydrogen-bond donors (Lipinski definition) is 0. The summed E-state index contributed by atoms with van der Waals surface area (Å²) in [6.45, 7) is 0.534. The first-order chi connectivity index (χ1) is 7.25. The Morgan fingerprint density at radius 3 is 2.87 bits per heavy atom. The molecule has 1 aromatic carbocycles. The first-order valence-electron chi connectivity index (χ1n) is 5.11. The third-order valence-electron chi connectivity index (χ3n) is 3.27. The maximum Gasteiger partial charge on any atom is 0.176 e. The van der Waals surface area contributed by atoms with Crippen LogP contribution < -0.4 is 9.47 Å². The van der Waals surface area contributed by atoms with E-state index in [0.717, 1.165) is 18.6 Å². The minimum Gasteiger partial charge on any atom is -0.497 e. The molecular weight excluding hydrogens is 192 g/mol. The highest BCUT2D eigenvalue weighted by Crippen LogP contribution is 2.52. The molecule has 3 heteroatoms. The minimum absolute atomic E-state index is 0.179. The number of carbonyl (C=O) groups excluding carboxylic acids is 1. The molecule has 15 heavy (non-hydrogen) atoms. The fourth-order valence-corrected chi connectivity index (χ4v) is 2.03. The topological polar surface area (TPSA) is 35.5 Å². The van der Waals surface area contributed by atoms with E-state index in [2.05, 4.69) is 0 Å². The Morgan fingerprint density at radius 2 is 2.20 bits per heavy atom. The molecule has 1 fully saturated rings. The van der Waals surface area contributed by atoms with Gasteiger partial charge in [0.2, 0.25) is 0 Å². The van der Waals surface area contributed by atoms with Crippen LogP contribution in [0.3, 0.4) is 0 Å². The lowest BCUT2D eigenvalue weighted by Crippen LogP contribution is -2.29. The van der Waals surface area contributed by atoms with E-state index in [1.165, 1.54) is 0 Å². The van der Waals surface area contributed by atoms with Gasteiger partial charge in [-0.1, -0.05) is 0 Å². The van der Waals surface area contributed by atoms with Crippen molar-refractivity contribution >= 4 is 5.78 Å². The highest BCUT2D eigenvalue weighted by Gasteiger charge is 2.53. The van der Waals surface area contributed by atoms with Gasteiger partial charge in [-0.05, 0) is 25.0 Å². The maximum absolute atomic E-state index is 12.1. The van der Waals surface area contributed by atoms with Gasteiger partial charge in [0.05, 0.1) is 18.1 Å². The summed E-state index contributed by atoms with van der Waals surface area (Å²) in [4.78, 5) is 12.1. The molecule has 1 aliphatic heterocycles. The molecule has 1 aromatic rings. The first-order valence-corrected chi connectivity index (χ1v) is 5.11. The fraction of sp³-hybridized carbons (Fsp3) is 0.417. The second-order valence-corrected chi connectivity index (χ2v) is 4.26. The Hall–Kier alpha value is -1.51. The van der Waals surface area contributed by atoms with Crippen LogP contribution in [0.15, 0.2) is 18.2 Å². The summed E-state index contributed by atoms with van der Waals surface area (Å²) >= 11 is 0. The number of fused-ring (bicyclic) bond motifs is 1. The van der Waals surface area contributed by atoms with Crippen LogP contribution in [-0.4, -0.2) is 19.5 Å². The van der Waals surface area contributed by atoms with Gasteiger partial charge in [0.15, 0.2) is 5.78 Å². The van der Waals surface area contributed by atoms with Crippen molar-refractivity contribution < 1.29 is 14.3 Å². The zero-order valence-corrected chi connectivity index (χ0v) is 8.58. The van der Waals surface area contributed by atoms with Crippen molar-refractivity contribution in [2.24, 2.45) is 5.41 Å². The molecule has 0 saturated heterocycles. The molecule has 1 heterocycles. The van der Waals surface area contributed by atoms with Gasteiger partial charge in [0.1, 0.15) is 18.1 Å². The van der Waals surface area contributed by atoms with E-state index in [0.29, 0.717) is 17.9 Å². The van der Waals surface area contributed by atoms with Crippen LogP contribution >= 0.6 is 0 Å². The molecular formula is C12H12O3. The quantitative estimate of drug-likeness (QED) is 0.702. The predicted octanol–water partition coefficient (Wildman–Crippen LogP) is 2.05. The Balaban J connectivity index is 2.05. The summed E-state index contributed by atoms with van der Waals surface area (Å²) in [6, 6.07) is 5.39. The zero-order valence-electron chi connectivity index (χ0n) is 8.58. The second kappa shape index (κ2) is 2.75. The lowest BCUT2D eigenvalue weighted by atomic mass is 9.92. The van der Waals surface area contributed by atoms with Crippen LogP contribution in [-0.2, 0) is 0 Å². The summed E-state index contributed by atoms with van der Waals surface area (Å²) in [5, 5.41) is 0. The summed E-state index contributed by atoms with van der Waals surface area (Å²) in [7, 11) is 1.61. The summed E-state index contributed by atoms with van der Waals surface area (Å²) in [5.74, 6) is 1.64. The zero-order chi connectivity index (χ0) is 10.5. The van der Waals surface area contributed by atoms with Crippen LogP contribution in [0.1, 0.15) is 23.2 Å². The molecule has 3 rings (SSSR count). The van der Waals surface area contributed by atoms with Crippen molar-refractivity contribution in [3.05, 3.63) is 23.8 Å². The number of methoxy groups -OCH3 is 1. The minimum atomic E-state index is -0.179. The number of carbonyl (C=O) groups is 1. The number of benzene rings is 1. The van der Waals surface area contributed by atoms with Crippen LogP contribution in [0, 0.1) is 5.41 Å². The molecule has 0 amide bonds. The van der Waals surface area contributed by atoms with E-state index in [9.17, 15) is 4.79 Å². The van der Waals surface area contributed by atoms with Crippen molar-refractivity contribution in [3.8, 4) is 11.5 Å². The Morgan fingerprint density at radius 1 is 1.40 bits per heavy atom. The first kappa shape index (κ1) is 8.77. The number of ketones is 1. The normalized spacial score (nSPS) is 20.7. The molecule has 0 bridgehead atoms. The van der Waals surface area contributed by atoms with E-state index in [1.54, 1.807) is 19.2 Å². The van der Waals surface area contributed by atoms with Gasteiger partial charge in [0, 0.05) is 6.07 Å². The molecule has 1 spiro atoms. The molecule has 1 saturated carbocycles. The molecule has 0 aromatic heterocycles. The van der Waals surface area contributed by atoms with E-state index in [-0.39, 0.29) is 11.2 Å². The van der Waals surface area contributed by atoms with Gasteiger partial charge < -0.3 is 9.47 Å². The Kier molecular flexibility index (Phi) is 1.61. The van der Waals surface area contributed by atoms with E-state index in [1.807, 2.05) is 6.07 Å². The molecule has 1 aliphatic carbocycles. The number of ether oxygens (including phenoxy) is 2. The Bertz CT molecular complexity index is 432. The molecule has 2 aliphatic rings. The number of rotatable bonds is 1. The van der Waals surface area contributed by atoms with Gasteiger partial charge >= 0.3 is 0 Å². The van der Waals surface area contributed by atoms with E-state index < -0.39 is 0 Å². The summed E-state index contributed by atoms with van der Waals surface area (Å²) in [6.07, 6.45) is 1.94. The van der Waals surface area contributed by atoms with Crippen LogP contribution in [0.25, 0.3) is 0 Å². The van der Waals surface area contributed by atoms with Crippen molar-refractivity contribution in [2.75, 3.05) is 13.7 Å². The number of hydrogen-bond acceptors (Lipinski definition) is 3. The predicted molar refractivity (Wildman–Crippen MR) is 54.5 cm³/mol.